The van der Waals surface area contributed by atoms with E-state index in [1.54, 1.807) is 36.4 Å². The summed E-state index contributed by atoms with van der Waals surface area (Å²) in [6, 6.07) is 12.2. The van der Waals surface area contributed by atoms with Crippen LogP contribution in [0.15, 0.2) is 47.6 Å². The predicted octanol–water partition coefficient (Wildman–Crippen LogP) is 4.97. The number of ether oxygens (including phenoxy) is 1. The molecule has 0 amide bonds. The number of halogens is 2. The molecular formula is C18H15Cl2N3O2S. The van der Waals surface area contributed by atoms with Gasteiger partial charge in [0.1, 0.15) is 12.4 Å². The Kier molecular flexibility index (Phi) is 6.19. The lowest BCUT2D eigenvalue weighted by Gasteiger charge is -2.05. The first kappa shape index (κ1) is 18.8. The maximum atomic E-state index is 12.1. The standard InChI is InChI=1S/C18H15Cl2N3O2S/c1-11-8-14(6-7-15(11)20)25-9-17-21-18(23-22-17)26-10-16(24)12-2-4-13(19)5-3-12/h2-8H,9-10H2,1H3,(H,21,22,23). The molecule has 0 aliphatic carbocycles. The highest BCUT2D eigenvalue weighted by atomic mass is 35.5. The van der Waals surface area contributed by atoms with Crippen LogP contribution in [0.5, 0.6) is 5.75 Å². The summed E-state index contributed by atoms with van der Waals surface area (Å²) in [6.07, 6.45) is 0. The maximum Gasteiger partial charge on any atom is 0.208 e. The Bertz CT molecular complexity index is 913. The minimum absolute atomic E-state index is 0.00842. The molecule has 0 saturated carbocycles. The van der Waals surface area contributed by atoms with Crippen molar-refractivity contribution >= 4 is 40.7 Å². The number of aryl methyl sites for hydroxylation is 1. The fraction of sp³-hybridized carbons (Fsp3) is 0.167. The summed E-state index contributed by atoms with van der Waals surface area (Å²) in [7, 11) is 0. The number of rotatable bonds is 7. The zero-order valence-corrected chi connectivity index (χ0v) is 16.2. The van der Waals surface area contributed by atoms with Crippen LogP contribution >= 0.6 is 35.0 Å². The third kappa shape index (κ3) is 5.00. The van der Waals surface area contributed by atoms with Gasteiger partial charge in [0, 0.05) is 15.6 Å². The van der Waals surface area contributed by atoms with Crippen LogP contribution in [0, 0.1) is 6.92 Å². The third-order valence-corrected chi connectivity index (χ3v) is 5.04. The van der Waals surface area contributed by atoms with E-state index in [1.807, 2.05) is 13.0 Å². The molecule has 0 spiro atoms. The molecule has 0 atom stereocenters. The number of Topliss-reactive ketones (excluding diaryl/α,β-unsaturated/α-hetero) is 1. The number of aromatic amines is 1. The molecule has 3 rings (SSSR count). The van der Waals surface area contributed by atoms with Crippen LogP contribution in [0.1, 0.15) is 21.7 Å². The van der Waals surface area contributed by atoms with E-state index in [0.717, 1.165) is 5.56 Å². The van der Waals surface area contributed by atoms with Crippen LogP contribution in [0.3, 0.4) is 0 Å². The fourth-order valence-corrected chi connectivity index (χ4v) is 3.07. The van der Waals surface area contributed by atoms with E-state index in [9.17, 15) is 4.79 Å². The lowest BCUT2D eigenvalue weighted by molar-refractivity contribution is 0.102. The number of carbonyl (C=O) groups is 1. The monoisotopic (exact) mass is 407 g/mol. The number of hydrogen-bond acceptors (Lipinski definition) is 5. The lowest BCUT2D eigenvalue weighted by Crippen LogP contribution is -2.02. The molecule has 2 aromatic carbocycles. The van der Waals surface area contributed by atoms with E-state index in [2.05, 4.69) is 15.2 Å². The van der Waals surface area contributed by atoms with Gasteiger partial charge in [-0.2, -0.15) is 0 Å². The molecule has 0 saturated heterocycles. The van der Waals surface area contributed by atoms with Crippen molar-refractivity contribution in [1.29, 1.82) is 0 Å². The van der Waals surface area contributed by atoms with Crippen molar-refractivity contribution in [2.24, 2.45) is 0 Å². The molecule has 8 heteroatoms. The highest BCUT2D eigenvalue weighted by molar-refractivity contribution is 7.99. The molecule has 0 radical (unpaired) electrons. The van der Waals surface area contributed by atoms with Crippen molar-refractivity contribution in [1.82, 2.24) is 15.2 Å². The second-order valence-corrected chi connectivity index (χ2v) is 7.27. The molecule has 1 heterocycles. The quantitative estimate of drug-likeness (QED) is 0.442. The molecular weight excluding hydrogens is 393 g/mol. The molecule has 26 heavy (non-hydrogen) atoms. The van der Waals surface area contributed by atoms with Crippen LogP contribution in [0.25, 0.3) is 0 Å². The fourth-order valence-electron chi connectivity index (χ4n) is 2.11. The van der Waals surface area contributed by atoms with E-state index in [1.165, 1.54) is 11.8 Å². The molecule has 0 aliphatic rings. The second-order valence-electron chi connectivity index (χ2n) is 5.48. The number of nitrogens with one attached hydrogen (secondary N) is 1. The highest BCUT2D eigenvalue weighted by Gasteiger charge is 2.10. The van der Waals surface area contributed by atoms with Crippen molar-refractivity contribution in [3.63, 3.8) is 0 Å². The van der Waals surface area contributed by atoms with Gasteiger partial charge < -0.3 is 4.74 Å². The van der Waals surface area contributed by atoms with Gasteiger partial charge in [0.25, 0.3) is 0 Å². The number of H-pyrrole nitrogens is 1. The normalized spacial score (nSPS) is 10.7. The summed E-state index contributed by atoms with van der Waals surface area (Å²) in [4.78, 5) is 16.5. The first-order valence-electron chi connectivity index (χ1n) is 7.73. The number of aromatic nitrogens is 3. The Labute approximate surface area is 165 Å². The summed E-state index contributed by atoms with van der Waals surface area (Å²) in [5.74, 6) is 1.52. The van der Waals surface area contributed by atoms with E-state index in [4.69, 9.17) is 27.9 Å². The molecule has 0 fully saturated rings. The average Bonchev–Trinajstić information content (AvgIpc) is 3.09. The Morgan fingerprint density at radius 1 is 1.19 bits per heavy atom. The lowest BCUT2D eigenvalue weighted by atomic mass is 10.1. The molecule has 0 aliphatic heterocycles. The first-order chi connectivity index (χ1) is 12.5. The predicted molar refractivity (Wildman–Crippen MR) is 103 cm³/mol. The zero-order chi connectivity index (χ0) is 18.5. The van der Waals surface area contributed by atoms with E-state index >= 15 is 0 Å². The van der Waals surface area contributed by atoms with Gasteiger partial charge in [0.05, 0.1) is 5.75 Å². The van der Waals surface area contributed by atoms with Crippen LogP contribution in [0.2, 0.25) is 10.0 Å². The highest BCUT2D eigenvalue weighted by Crippen LogP contribution is 2.22. The maximum absolute atomic E-state index is 12.1. The Morgan fingerprint density at radius 2 is 1.96 bits per heavy atom. The van der Waals surface area contributed by atoms with Gasteiger partial charge in [0.2, 0.25) is 5.16 Å². The SMILES string of the molecule is Cc1cc(OCc2nc(SCC(=O)c3ccc(Cl)cc3)n[nH]2)ccc1Cl. The van der Waals surface area contributed by atoms with Gasteiger partial charge in [0.15, 0.2) is 11.6 Å². The molecule has 3 aromatic rings. The zero-order valence-electron chi connectivity index (χ0n) is 13.8. The molecule has 5 nitrogen and oxygen atoms in total. The van der Waals surface area contributed by atoms with E-state index in [0.29, 0.717) is 32.3 Å². The molecule has 1 aromatic heterocycles. The van der Waals surface area contributed by atoms with Crippen LogP contribution in [-0.2, 0) is 6.61 Å². The van der Waals surface area contributed by atoms with Gasteiger partial charge in [-0.05, 0) is 55.0 Å². The molecule has 134 valence electrons. The topological polar surface area (TPSA) is 67.9 Å². The smallest absolute Gasteiger partial charge is 0.208 e. The summed E-state index contributed by atoms with van der Waals surface area (Å²) < 4.78 is 5.67. The number of ketones is 1. The molecule has 0 unspecified atom stereocenters. The molecule has 1 N–H and O–H groups in total. The van der Waals surface area contributed by atoms with E-state index in [-0.39, 0.29) is 18.1 Å². The van der Waals surface area contributed by atoms with Crippen LogP contribution < -0.4 is 4.74 Å². The summed E-state index contributed by atoms with van der Waals surface area (Å²) >= 11 is 13.1. The van der Waals surface area contributed by atoms with Crippen molar-refractivity contribution in [3.05, 3.63) is 69.5 Å². The van der Waals surface area contributed by atoms with Crippen molar-refractivity contribution < 1.29 is 9.53 Å². The van der Waals surface area contributed by atoms with Gasteiger partial charge in [-0.25, -0.2) is 4.98 Å². The van der Waals surface area contributed by atoms with Gasteiger partial charge >= 0.3 is 0 Å². The van der Waals surface area contributed by atoms with Crippen molar-refractivity contribution in [3.8, 4) is 5.75 Å². The van der Waals surface area contributed by atoms with Gasteiger partial charge in [-0.1, -0.05) is 35.0 Å². The Morgan fingerprint density at radius 3 is 2.69 bits per heavy atom. The number of benzene rings is 2. The van der Waals surface area contributed by atoms with Crippen molar-refractivity contribution in [2.75, 3.05) is 5.75 Å². The first-order valence-corrected chi connectivity index (χ1v) is 9.47. The Balaban J connectivity index is 1.52. The number of carbonyl (C=O) groups excluding carboxylic acids is 1. The number of nitrogens with zero attached hydrogens (tertiary/aromatic N) is 2. The van der Waals surface area contributed by atoms with E-state index < -0.39 is 0 Å². The second kappa shape index (κ2) is 8.58. The van der Waals surface area contributed by atoms with Gasteiger partial charge in [-0.3, -0.25) is 9.89 Å². The summed E-state index contributed by atoms with van der Waals surface area (Å²) in [5.41, 5.74) is 1.55. The minimum Gasteiger partial charge on any atom is -0.486 e. The van der Waals surface area contributed by atoms with Crippen molar-refractivity contribution in [2.45, 2.75) is 18.7 Å². The molecule has 0 bridgehead atoms. The average molecular weight is 408 g/mol. The summed E-state index contributed by atoms with van der Waals surface area (Å²) in [5, 5.41) is 8.70. The summed E-state index contributed by atoms with van der Waals surface area (Å²) in [6.45, 7) is 2.16. The van der Waals surface area contributed by atoms with Crippen LogP contribution in [-0.4, -0.2) is 26.7 Å². The minimum atomic E-state index is -0.00842. The van der Waals surface area contributed by atoms with Gasteiger partial charge in [-0.15, -0.1) is 5.10 Å². The number of thioether (sulfide) groups is 1. The Hall–Kier alpha value is -2.02. The largest absolute Gasteiger partial charge is 0.486 e. The third-order valence-electron chi connectivity index (χ3n) is 3.51. The van der Waals surface area contributed by atoms with Crippen LogP contribution in [0.4, 0.5) is 0 Å². The number of hydrogen-bond donors (Lipinski definition) is 1.